The first kappa shape index (κ1) is 29.2. The number of nitrogens with zero attached hydrogens (tertiary/aromatic N) is 1. The minimum absolute atomic E-state index is 0.0505. The van der Waals surface area contributed by atoms with Crippen LogP contribution in [0, 0.1) is 6.92 Å². The normalized spacial score (nSPS) is 14.1. The van der Waals surface area contributed by atoms with Gasteiger partial charge in [-0.15, -0.1) is 0 Å². The minimum Gasteiger partial charge on any atom is -0.497 e. The molecule has 42 heavy (non-hydrogen) atoms. The summed E-state index contributed by atoms with van der Waals surface area (Å²) >= 11 is 0. The lowest BCUT2D eigenvalue weighted by molar-refractivity contribution is 0.0958. The molecular weight excluding hydrogens is 536 g/mol. The molecule has 1 aliphatic rings. The lowest BCUT2D eigenvalue weighted by Gasteiger charge is -2.32. The molecular formula is C33H36N2O7. The van der Waals surface area contributed by atoms with E-state index in [1.807, 2.05) is 43.3 Å². The molecule has 1 aromatic heterocycles. The number of aryl methyl sites for hydroxylation is 1. The first-order valence-corrected chi connectivity index (χ1v) is 14.1. The summed E-state index contributed by atoms with van der Waals surface area (Å²) in [6.45, 7) is 4.81. The molecule has 1 aliphatic heterocycles. The van der Waals surface area contributed by atoms with E-state index in [0.717, 1.165) is 50.0 Å². The van der Waals surface area contributed by atoms with Gasteiger partial charge in [-0.05, 0) is 80.3 Å². The predicted molar refractivity (Wildman–Crippen MR) is 162 cm³/mol. The zero-order valence-corrected chi connectivity index (χ0v) is 24.1. The highest BCUT2D eigenvalue weighted by Crippen LogP contribution is 2.34. The molecule has 2 heterocycles. The molecule has 0 aliphatic carbocycles. The summed E-state index contributed by atoms with van der Waals surface area (Å²) in [6.07, 6.45) is 2.63. The highest BCUT2D eigenvalue weighted by molar-refractivity contribution is 6.05. The highest BCUT2D eigenvalue weighted by Gasteiger charge is 2.22. The van der Waals surface area contributed by atoms with E-state index in [1.165, 1.54) is 0 Å². The molecule has 1 amide bonds. The van der Waals surface area contributed by atoms with Gasteiger partial charge >= 0.3 is 5.63 Å². The van der Waals surface area contributed by atoms with E-state index in [9.17, 15) is 9.59 Å². The first-order valence-electron chi connectivity index (χ1n) is 14.1. The van der Waals surface area contributed by atoms with Crippen molar-refractivity contribution in [3.05, 3.63) is 82.2 Å². The fourth-order valence-electron chi connectivity index (χ4n) is 5.31. The van der Waals surface area contributed by atoms with Gasteiger partial charge in [0.2, 0.25) is 0 Å². The zero-order chi connectivity index (χ0) is 29.6. The third kappa shape index (κ3) is 6.42. The van der Waals surface area contributed by atoms with E-state index >= 15 is 0 Å². The molecule has 5 rings (SSSR count). The van der Waals surface area contributed by atoms with Crippen molar-refractivity contribution in [1.82, 2.24) is 4.90 Å². The van der Waals surface area contributed by atoms with Gasteiger partial charge in [0.15, 0.2) is 0 Å². The standard InChI is InChI=1S/C33H36N2O7/c1-21-29(41-25-12-15-35(16-13-25)14-5-17-36)10-8-23-20-28(33(38)42-31(21)23)34-32(37)24-9-11-30(40-3)27(19-24)22-6-4-7-26(18-22)39-2/h4,6-11,18-20,25,36H,5,12-17H2,1-3H3,(H,34,37). The Morgan fingerprint density at radius 2 is 1.81 bits per heavy atom. The molecule has 1 fully saturated rings. The van der Waals surface area contributed by atoms with Crippen molar-refractivity contribution in [2.24, 2.45) is 0 Å². The maximum Gasteiger partial charge on any atom is 0.360 e. The van der Waals surface area contributed by atoms with Crippen LogP contribution in [0.2, 0.25) is 0 Å². The van der Waals surface area contributed by atoms with E-state index in [1.54, 1.807) is 38.5 Å². The molecule has 220 valence electrons. The van der Waals surface area contributed by atoms with Gasteiger partial charge in [-0.3, -0.25) is 4.79 Å². The average Bonchev–Trinajstić information content (AvgIpc) is 3.02. The number of hydrogen-bond donors (Lipinski definition) is 2. The number of likely N-dealkylation sites (tertiary alicyclic amines) is 1. The number of rotatable bonds is 10. The van der Waals surface area contributed by atoms with Crippen LogP contribution >= 0.6 is 0 Å². The Morgan fingerprint density at radius 1 is 1.02 bits per heavy atom. The Labute approximate surface area is 244 Å². The van der Waals surface area contributed by atoms with Gasteiger partial charge in [0.1, 0.15) is 34.6 Å². The Morgan fingerprint density at radius 3 is 2.55 bits per heavy atom. The smallest absolute Gasteiger partial charge is 0.360 e. The average molecular weight is 573 g/mol. The van der Waals surface area contributed by atoms with Crippen molar-refractivity contribution in [2.75, 3.05) is 45.8 Å². The monoisotopic (exact) mass is 572 g/mol. The molecule has 0 spiro atoms. The van der Waals surface area contributed by atoms with Crippen LogP contribution in [0.4, 0.5) is 5.69 Å². The quantitative estimate of drug-likeness (QED) is 0.248. The fraction of sp³-hybridized carbons (Fsp3) is 0.333. The van der Waals surface area contributed by atoms with Crippen LogP contribution in [0.3, 0.4) is 0 Å². The number of ether oxygens (including phenoxy) is 3. The largest absolute Gasteiger partial charge is 0.497 e. The number of aliphatic hydroxyl groups excluding tert-OH is 1. The summed E-state index contributed by atoms with van der Waals surface area (Å²) in [5, 5.41) is 12.5. The Balaban J connectivity index is 1.33. The number of anilines is 1. The second kappa shape index (κ2) is 13.1. The number of benzene rings is 3. The van der Waals surface area contributed by atoms with Gasteiger partial charge in [-0.1, -0.05) is 12.1 Å². The van der Waals surface area contributed by atoms with E-state index in [4.69, 9.17) is 23.7 Å². The lowest BCUT2D eigenvalue weighted by atomic mass is 10.0. The summed E-state index contributed by atoms with van der Waals surface area (Å²) in [4.78, 5) is 28.5. The molecule has 3 aromatic carbocycles. The molecule has 0 saturated carbocycles. The molecule has 9 nitrogen and oxygen atoms in total. The number of piperidine rings is 1. The Hall–Kier alpha value is -4.34. The van der Waals surface area contributed by atoms with Gasteiger partial charge in [0.25, 0.3) is 5.91 Å². The van der Waals surface area contributed by atoms with Gasteiger partial charge in [-0.25, -0.2) is 4.79 Å². The van der Waals surface area contributed by atoms with Crippen LogP contribution in [0.15, 0.2) is 69.9 Å². The maximum absolute atomic E-state index is 13.2. The van der Waals surface area contributed by atoms with Gasteiger partial charge < -0.3 is 34.0 Å². The lowest BCUT2D eigenvalue weighted by Crippen LogP contribution is -2.39. The number of aliphatic hydroxyl groups is 1. The van der Waals surface area contributed by atoms with Crippen molar-refractivity contribution in [2.45, 2.75) is 32.3 Å². The van der Waals surface area contributed by atoms with Crippen molar-refractivity contribution >= 4 is 22.6 Å². The van der Waals surface area contributed by atoms with Crippen LogP contribution in [0.1, 0.15) is 35.2 Å². The number of hydrogen-bond acceptors (Lipinski definition) is 8. The van der Waals surface area contributed by atoms with Crippen LogP contribution in [0.5, 0.6) is 17.2 Å². The van der Waals surface area contributed by atoms with E-state index < -0.39 is 11.5 Å². The van der Waals surface area contributed by atoms with Gasteiger partial charge in [-0.2, -0.15) is 0 Å². The molecule has 9 heteroatoms. The van der Waals surface area contributed by atoms with E-state index in [2.05, 4.69) is 10.2 Å². The van der Waals surface area contributed by atoms with Crippen molar-refractivity contribution in [1.29, 1.82) is 0 Å². The van der Waals surface area contributed by atoms with E-state index in [0.29, 0.717) is 39.3 Å². The molecule has 0 bridgehead atoms. The summed E-state index contributed by atoms with van der Waals surface area (Å²) < 4.78 is 22.9. The van der Waals surface area contributed by atoms with Crippen LogP contribution in [-0.2, 0) is 0 Å². The number of nitrogens with one attached hydrogen (secondary N) is 1. The fourth-order valence-corrected chi connectivity index (χ4v) is 5.31. The zero-order valence-electron chi connectivity index (χ0n) is 24.1. The Kier molecular flexibility index (Phi) is 9.09. The number of carbonyl (C=O) groups excluding carboxylic acids is 1. The van der Waals surface area contributed by atoms with Gasteiger partial charge in [0, 0.05) is 48.3 Å². The SMILES string of the molecule is COc1cccc(-c2cc(C(=O)Nc3cc4ccc(OC5CCN(CCCO)CC5)c(C)c4oc3=O)ccc2OC)c1. The molecule has 0 atom stereocenters. The summed E-state index contributed by atoms with van der Waals surface area (Å²) in [5.41, 5.74) is 2.48. The highest BCUT2D eigenvalue weighted by atomic mass is 16.5. The number of methoxy groups -OCH3 is 2. The Bertz CT molecular complexity index is 1620. The third-order valence-corrected chi connectivity index (χ3v) is 7.65. The van der Waals surface area contributed by atoms with Crippen LogP contribution in [0.25, 0.3) is 22.1 Å². The number of carbonyl (C=O) groups is 1. The first-order chi connectivity index (χ1) is 20.4. The van der Waals surface area contributed by atoms with Crippen LogP contribution in [-0.4, -0.2) is 62.5 Å². The van der Waals surface area contributed by atoms with Crippen LogP contribution < -0.4 is 25.2 Å². The second-order valence-electron chi connectivity index (χ2n) is 10.4. The van der Waals surface area contributed by atoms with Crippen molar-refractivity contribution in [3.63, 3.8) is 0 Å². The number of fused-ring (bicyclic) bond motifs is 1. The molecule has 0 unspecified atom stereocenters. The molecule has 4 aromatic rings. The summed E-state index contributed by atoms with van der Waals surface area (Å²) in [5.74, 6) is 1.52. The number of amides is 1. The molecule has 1 saturated heterocycles. The van der Waals surface area contributed by atoms with E-state index in [-0.39, 0.29) is 18.4 Å². The second-order valence-corrected chi connectivity index (χ2v) is 10.4. The van der Waals surface area contributed by atoms with Crippen molar-refractivity contribution < 1.29 is 28.5 Å². The topological polar surface area (TPSA) is 110 Å². The van der Waals surface area contributed by atoms with Gasteiger partial charge in [0.05, 0.1) is 14.2 Å². The maximum atomic E-state index is 13.2. The molecule has 0 radical (unpaired) electrons. The minimum atomic E-state index is -0.644. The summed E-state index contributed by atoms with van der Waals surface area (Å²) in [6, 6.07) is 17.9. The predicted octanol–water partition coefficient (Wildman–Crippen LogP) is 5.26. The summed E-state index contributed by atoms with van der Waals surface area (Å²) in [7, 11) is 3.16. The van der Waals surface area contributed by atoms with Crippen molar-refractivity contribution in [3.8, 4) is 28.4 Å². The third-order valence-electron chi connectivity index (χ3n) is 7.65. The molecule has 2 N–H and O–H groups in total.